The molecule has 6 nitrogen and oxygen atoms in total. The molecule has 0 unspecified atom stereocenters. The van der Waals surface area contributed by atoms with Gasteiger partial charge in [-0.25, -0.2) is 0 Å². The first kappa shape index (κ1) is 13.3. The molecule has 1 N–H and O–H groups in total. The maximum Gasteiger partial charge on any atom is 0.311 e. The normalized spacial score (nSPS) is 23.1. The van der Waals surface area contributed by atoms with Gasteiger partial charge in [-0.15, -0.1) is 0 Å². The standard InChI is InChI=1S/C13H16N2O4/c1-13(12(16)17)7-2-8-14(9-13)10-3-5-11(6-4-10)15(18)19/h3-6H,2,7-9H2,1H3,(H,16,17)/t13-/m1/s1. The predicted molar refractivity (Wildman–Crippen MR) is 70.3 cm³/mol. The summed E-state index contributed by atoms with van der Waals surface area (Å²) in [6.07, 6.45) is 1.46. The van der Waals surface area contributed by atoms with Gasteiger partial charge in [-0.3, -0.25) is 14.9 Å². The van der Waals surface area contributed by atoms with Crippen molar-refractivity contribution in [2.24, 2.45) is 5.41 Å². The number of anilines is 1. The molecule has 2 rings (SSSR count). The number of hydrogen-bond donors (Lipinski definition) is 1. The Hall–Kier alpha value is -2.11. The molecule has 0 spiro atoms. The number of nitro groups is 1. The molecule has 0 amide bonds. The van der Waals surface area contributed by atoms with Crippen LogP contribution in [0.1, 0.15) is 19.8 Å². The number of piperidine rings is 1. The topological polar surface area (TPSA) is 83.7 Å². The van der Waals surface area contributed by atoms with E-state index in [9.17, 15) is 20.0 Å². The van der Waals surface area contributed by atoms with Crippen LogP contribution < -0.4 is 4.90 Å². The fraction of sp³-hybridized carbons (Fsp3) is 0.462. The largest absolute Gasteiger partial charge is 0.481 e. The number of carbonyl (C=O) groups is 1. The van der Waals surface area contributed by atoms with Crippen LogP contribution in [-0.4, -0.2) is 29.1 Å². The first-order chi connectivity index (χ1) is 8.92. The van der Waals surface area contributed by atoms with Gasteiger partial charge in [0.25, 0.3) is 5.69 Å². The number of aliphatic carboxylic acids is 1. The Kier molecular flexibility index (Phi) is 3.42. The van der Waals surface area contributed by atoms with Crippen molar-refractivity contribution in [3.05, 3.63) is 34.4 Å². The lowest BCUT2D eigenvalue weighted by molar-refractivity contribution is -0.384. The van der Waals surface area contributed by atoms with Crippen LogP contribution in [0.5, 0.6) is 0 Å². The zero-order chi connectivity index (χ0) is 14.0. The van der Waals surface area contributed by atoms with Crippen molar-refractivity contribution in [3.63, 3.8) is 0 Å². The molecule has 0 aliphatic carbocycles. The van der Waals surface area contributed by atoms with E-state index in [1.165, 1.54) is 12.1 Å². The Labute approximate surface area is 110 Å². The summed E-state index contributed by atoms with van der Waals surface area (Å²) in [5.74, 6) is -0.792. The second-order valence-corrected chi connectivity index (χ2v) is 5.16. The summed E-state index contributed by atoms with van der Waals surface area (Å²) in [6, 6.07) is 6.24. The molecular formula is C13H16N2O4. The quantitative estimate of drug-likeness (QED) is 0.668. The summed E-state index contributed by atoms with van der Waals surface area (Å²) in [7, 11) is 0. The van der Waals surface area contributed by atoms with Crippen LogP contribution in [0.2, 0.25) is 0 Å². The highest BCUT2D eigenvalue weighted by atomic mass is 16.6. The van der Waals surface area contributed by atoms with E-state index >= 15 is 0 Å². The number of benzene rings is 1. The number of carboxylic acid groups (broad SMARTS) is 1. The van der Waals surface area contributed by atoms with Gasteiger partial charge in [0.15, 0.2) is 0 Å². The van der Waals surface area contributed by atoms with Gasteiger partial charge in [0.05, 0.1) is 10.3 Å². The minimum absolute atomic E-state index is 0.0433. The van der Waals surface area contributed by atoms with Gasteiger partial charge >= 0.3 is 5.97 Å². The number of nitro benzene ring substituents is 1. The van der Waals surface area contributed by atoms with Crippen LogP contribution in [0.25, 0.3) is 0 Å². The van der Waals surface area contributed by atoms with E-state index in [1.807, 2.05) is 4.90 Å². The van der Waals surface area contributed by atoms with Gasteiger partial charge in [0.1, 0.15) is 0 Å². The van der Waals surface area contributed by atoms with Gasteiger partial charge in [0, 0.05) is 30.9 Å². The molecular weight excluding hydrogens is 248 g/mol. The van der Waals surface area contributed by atoms with E-state index in [1.54, 1.807) is 19.1 Å². The summed E-state index contributed by atoms with van der Waals surface area (Å²) in [6.45, 7) is 2.95. The molecule has 102 valence electrons. The number of hydrogen-bond acceptors (Lipinski definition) is 4. The van der Waals surface area contributed by atoms with Crippen molar-refractivity contribution in [3.8, 4) is 0 Å². The molecule has 6 heteroatoms. The maximum atomic E-state index is 11.3. The minimum Gasteiger partial charge on any atom is -0.481 e. The lowest BCUT2D eigenvalue weighted by Crippen LogP contribution is -2.46. The molecule has 0 bridgehead atoms. The number of non-ortho nitro benzene ring substituents is 1. The molecule has 1 heterocycles. The Morgan fingerprint density at radius 1 is 1.42 bits per heavy atom. The molecule has 19 heavy (non-hydrogen) atoms. The Morgan fingerprint density at radius 2 is 2.05 bits per heavy atom. The van der Waals surface area contributed by atoms with Gasteiger partial charge in [-0.05, 0) is 31.9 Å². The van der Waals surface area contributed by atoms with E-state index in [2.05, 4.69) is 0 Å². The van der Waals surface area contributed by atoms with Crippen LogP contribution >= 0.6 is 0 Å². The molecule has 0 aromatic heterocycles. The van der Waals surface area contributed by atoms with Crippen molar-refractivity contribution >= 4 is 17.3 Å². The van der Waals surface area contributed by atoms with E-state index in [0.29, 0.717) is 13.0 Å². The Balaban J connectivity index is 2.17. The number of nitrogens with zero attached hydrogens (tertiary/aromatic N) is 2. The summed E-state index contributed by atoms with van der Waals surface area (Å²) < 4.78 is 0. The van der Waals surface area contributed by atoms with Crippen LogP contribution in [0.15, 0.2) is 24.3 Å². The number of rotatable bonds is 3. The van der Waals surface area contributed by atoms with Gasteiger partial charge in [-0.1, -0.05) is 0 Å². The molecule has 1 saturated heterocycles. The van der Waals surface area contributed by atoms with Crippen LogP contribution in [0, 0.1) is 15.5 Å². The zero-order valence-corrected chi connectivity index (χ0v) is 10.7. The first-order valence-corrected chi connectivity index (χ1v) is 6.15. The van der Waals surface area contributed by atoms with Gasteiger partial charge in [-0.2, -0.15) is 0 Å². The summed E-state index contributed by atoms with van der Waals surface area (Å²) in [5.41, 5.74) is 0.125. The summed E-state index contributed by atoms with van der Waals surface area (Å²) >= 11 is 0. The molecule has 1 aromatic rings. The summed E-state index contributed by atoms with van der Waals surface area (Å²) in [4.78, 5) is 23.4. The molecule has 1 aliphatic rings. The predicted octanol–water partition coefficient (Wildman–Crippen LogP) is 2.29. The van der Waals surface area contributed by atoms with Crippen LogP contribution in [-0.2, 0) is 4.79 Å². The molecule has 0 radical (unpaired) electrons. The molecule has 1 fully saturated rings. The van der Waals surface area contributed by atoms with E-state index in [4.69, 9.17) is 0 Å². The van der Waals surface area contributed by atoms with Gasteiger partial charge < -0.3 is 10.0 Å². The van der Waals surface area contributed by atoms with Crippen molar-refractivity contribution in [2.75, 3.05) is 18.0 Å². The molecule has 0 saturated carbocycles. The monoisotopic (exact) mass is 264 g/mol. The van der Waals surface area contributed by atoms with Crippen molar-refractivity contribution in [1.82, 2.24) is 0 Å². The fourth-order valence-corrected chi connectivity index (χ4v) is 2.42. The van der Waals surface area contributed by atoms with Crippen molar-refractivity contribution in [1.29, 1.82) is 0 Å². The third-order valence-corrected chi connectivity index (χ3v) is 3.64. The fourth-order valence-electron chi connectivity index (χ4n) is 2.42. The average molecular weight is 264 g/mol. The molecule has 1 aliphatic heterocycles. The Bertz CT molecular complexity index is 500. The lowest BCUT2D eigenvalue weighted by atomic mass is 9.82. The second-order valence-electron chi connectivity index (χ2n) is 5.16. The average Bonchev–Trinajstić information content (AvgIpc) is 2.39. The van der Waals surface area contributed by atoms with E-state index < -0.39 is 16.3 Å². The second kappa shape index (κ2) is 4.87. The summed E-state index contributed by atoms with van der Waals surface area (Å²) in [5, 5.41) is 19.9. The van der Waals surface area contributed by atoms with Crippen LogP contribution in [0.3, 0.4) is 0 Å². The first-order valence-electron chi connectivity index (χ1n) is 6.15. The van der Waals surface area contributed by atoms with Crippen molar-refractivity contribution in [2.45, 2.75) is 19.8 Å². The number of carboxylic acids is 1. The SMILES string of the molecule is C[C@@]1(C(=O)O)CCCN(c2ccc([N+](=O)[O-])cc2)C1. The Morgan fingerprint density at radius 3 is 2.58 bits per heavy atom. The highest BCUT2D eigenvalue weighted by molar-refractivity contribution is 5.75. The third-order valence-electron chi connectivity index (χ3n) is 3.64. The maximum absolute atomic E-state index is 11.3. The zero-order valence-electron chi connectivity index (χ0n) is 10.7. The molecule has 1 aromatic carbocycles. The molecule has 1 atom stereocenters. The van der Waals surface area contributed by atoms with E-state index in [0.717, 1.165) is 18.7 Å². The van der Waals surface area contributed by atoms with Crippen LogP contribution in [0.4, 0.5) is 11.4 Å². The highest BCUT2D eigenvalue weighted by Gasteiger charge is 2.37. The van der Waals surface area contributed by atoms with E-state index in [-0.39, 0.29) is 5.69 Å². The van der Waals surface area contributed by atoms with Gasteiger partial charge in [0.2, 0.25) is 0 Å². The van der Waals surface area contributed by atoms with Crippen molar-refractivity contribution < 1.29 is 14.8 Å². The highest BCUT2D eigenvalue weighted by Crippen LogP contribution is 2.32. The smallest absolute Gasteiger partial charge is 0.311 e. The third kappa shape index (κ3) is 2.67. The minimum atomic E-state index is -0.792. The lowest BCUT2D eigenvalue weighted by Gasteiger charge is -2.38.